The van der Waals surface area contributed by atoms with Crippen LogP contribution < -0.4 is 0 Å². The number of rotatable bonds is 5. The molecule has 2 aliphatic rings. The first-order chi connectivity index (χ1) is 40.0. The molecule has 0 heterocycles. The van der Waals surface area contributed by atoms with Crippen LogP contribution in [0, 0.1) is 18.8 Å². The highest BCUT2D eigenvalue weighted by molar-refractivity contribution is 6.23. The van der Waals surface area contributed by atoms with Crippen LogP contribution in [0.15, 0.2) is 285 Å². The lowest BCUT2D eigenvalue weighted by Gasteiger charge is -2.27. The van der Waals surface area contributed by atoms with Gasteiger partial charge >= 0.3 is 0 Å². The molecule has 352 valence electrons. The van der Waals surface area contributed by atoms with Crippen LogP contribution in [-0.2, 0) is 0 Å². The second-order valence-electron chi connectivity index (χ2n) is 19.7. The standard InChI is InChI=1S/C40H28.C35H24/c1-2-12-31-26-32(25-20-27(31)10-1)40-37-17-7-5-15-35(37)39(36-16-6-8-18-38(36)40)30-23-21-29(22-24-30)34-19-9-13-28-11-3-4-14-33(28)34;1-23-14-19-32-33(20-23)35(29-18-16-25-9-3-5-11-27(25)22-29)31-13-7-6-12-30(31)34(32)28-17-15-24-8-2-4-10-26(24)21-28/h1-26,28,33H;2-22H,1H3/i;6D,7D,12D,13D,14D,19D,20D. The summed E-state index contributed by atoms with van der Waals surface area (Å²) in [5.74, 6) is 0.851. The van der Waals surface area contributed by atoms with Crippen molar-refractivity contribution in [2.45, 2.75) is 6.92 Å². The molecule has 0 spiro atoms. The molecule has 0 aromatic heterocycles. The van der Waals surface area contributed by atoms with Gasteiger partial charge in [-0.25, -0.2) is 0 Å². The van der Waals surface area contributed by atoms with Gasteiger partial charge in [0.1, 0.15) is 0 Å². The predicted octanol–water partition coefficient (Wildman–Crippen LogP) is 20.7. The Labute approximate surface area is 448 Å². The third kappa shape index (κ3) is 7.86. The molecule has 0 saturated carbocycles. The Balaban J connectivity index is 0.000000147. The van der Waals surface area contributed by atoms with Crippen molar-refractivity contribution in [3.63, 3.8) is 0 Å². The molecule has 2 atom stereocenters. The number of hydrogen-bond donors (Lipinski definition) is 0. The van der Waals surface area contributed by atoms with Gasteiger partial charge in [-0.1, -0.05) is 272 Å². The van der Waals surface area contributed by atoms with Gasteiger partial charge in [0, 0.05) is 11.8 Å². The van der Waals surface area contributed by atoms with E-state index in [0.717, 1.165) is 21.5 Å². The average molecular weight is 960 g/mol. The molecule has 0 N–H and O–H groups in total. The molecule has 0 saturated heterocycles. The minimum atomic E-state index is -0.366. The van der Waals surface area contributed by atoms with Crippen LogP contribution in [0.1, 0.15) is 20.7 Å². The molecule has 0 bridgehead atoms. The van der Waals surface area contributed by atoms with E-state index in [2.05, 4.69) is 158 Å². The van der Waals surface area contributed by atoms with Crippen molar-refractivity contribution in [1.82, 2.24) is 0 Å². The van der Waals surface area contributed by atoms with Gasteiger partial charge in [0.15, 0.2) is 0 Å². The number of hydrogen-bond acceptors (Lipinski definition) is 0. The molecule has 13 aromatic carbocycles. The van der Waals surface area contributed by atoms with Gasteiger partial charge in [0.2, 0.25) is 0 Å². The zero-order chi connectivity index (χ0) is 55.9. The molecular formula is C75H52. The topological polar surface area (TPSA) is 0 Å². The minimum Gasteiger partial charge on any atom is -0.0767 e. The summed E-state index contributed by atoms with van der Waals surface area (Å²) in [6, 6.07) is 68.7. The van der Waals surface area contributed by atoms with Crippen molar-refractivity contribution in [3.05, 3.63) is 296 Å². The Hall–Kier alpha value is -9.36. The van der Waals surface area contributed by atoms with Gasteiger partial charge < -0.3 is 0 Å². The molecular weight excluding hydrogens is 901 g/mol. The van der Waals surface area contributed by atoms with E-state index < -0.39 is 0 Å². The quantitative estimate of drug-likeness (QED) is 0.151. The van der Waals surface area contributed by atoms with Crippen LogP contribution in [-0.4, -0.2) is 0 Å². The van der Waals surface area contributed by atoms with Crippen molar-refractivity contribution in [2.75, 3.05) is 0 Å². The van der Waals surface area contributed by atoms with E-state index in [-0.39, 0.29) is 47.7 Å². The van der Waals surface area contributed by atoms with E-state index in [4.69, 9.17) is 6.85 Å². The van der Waals surface area contributed by atoms with Crippen LogP contribution in [0.3, 0.4) is 0 Å². The van der Waals surface area contributed by atoms with Gasteiger partial charge in [0.25, 0.3) is 0 Å². The maximum atomic E-state index is 9.27. The Bertz CT molecular complexity index is 4670. The van der Waals surface area contributed by atoms with Gasteiger partial charge in [0.05, 0.1) is 9.60 Å². The van der Waals surface area contributed by atoms with Crippen LogP contribution >= 0.6 is 0 Å². The monoisotopic (exact) mass is 959 g/mol. The Morgan fingerprint density at radius 3 is 1.23 bits per heavy atom. The summed E-state index contributed by atoms with van der Waals surface area (Å²) in [5.41, 5.74) is 10.4. The van der Waals surface area contributed by atoms with Crippen LogP contribution in [0.4, 0.5) is 0 Å². The largest absolute Gasteiger partial charge is 0.0767 e. The van der Waals surface area contributed by atoms with E-state index >= 15 is 0 Å². The highest BCUT2D eigenvalue weighted by Crippen LogP contribution is 2.47. The maximum absolute atomic E-state index is 9.27. The molecule has 0 aliphatic heterocycles. The number of allylic oxidation sites excluding steroid dienone is 8. The minimum absolute atomic E-state index is 0.0702. The van der Waals surface area contributed by atoms with E-state index in [9.17, 15) is 2.74 Å². The maximum Gasteiger partial charge on any atom is 0.0632 e. The van der Waals surface area contributed by atoms with E-state index in [0.29, 0.717) is 55.8 Å². The second-order valence-corrected chi connectivity index (χ2v) is 19.7. The van der Waals surface area contributed by atoms with E-state index in [1.165, 1.54) is 65.7 Å². The van der Waals surface area contributed by atoms with Crippen LogP contribution in [0.25, 0.3) is 125 Å². The normalized spacial score (nSPS) is 16.2. The van der Waals surface area contributed by atoms with Crippen molar-refractivity contribution in [3.8, 4) is 44.5 Å². The third-order valence-electron chi connectivity index (χ3n) is 15.3. The van der Waals surface area contributed by atoms with Crippen LogP contribution in [0.5, 0.6) is 0 Å². The SMILES string of the molecule is C1=CC2C=CC=C(c3ccc(-c4c5ccccc5c(-c5ccc6ccccc6c5)c5ccccc45)cc3)C2C=C1.[2H]c1c([2H])c([2H])c2c(-c3ccc4ccccc4c3)c3c([2H])c(C)c([2H])c([2H])c3c(-c3ccc4ccccc4c3)c2c1[2H]. The third-order valence-corrected chi connectivity index (χ3v) is 15.3. The first kappa shape index (κ1) is 37.4. The fraction of sp³-hybridized carbons (Fsp3) is 0.0400. The lowest BCUT2D eigenvalue weighted by atomic mass is 9.77. The fourth-order valence-electron chi connectivity index (χ4n) is 11.8. The smallest absolute Gasteiger partial charge is 0.0632 e. The molecule has 2 unspecified atom stereocenters. The molecule has 15 rings (SSSR count). The van der Waals surface area contributed by atoms with Gasteiger partial charge in [-0.3, -0.25) is 0 Å². The van der Waals surface area contributed by atoms with Crippen molar-refractivity contribution in [2.24, 2.45) is 11.8 Å². The van der Waals surface area contributed by atoms with Gasteiger partial charge in [-0.2, -0.15) is 0 Å². The summed E-state index contributed by atoms with van der Waals surface area (Å²) in [4.78, 5) is 0. The lowest BCUT2D eigenvalue weighted by Crippen LogP contribution is -2.14. The predicted molar refractivity (Wildman–Crippen MR) is 324 cm³/mol. The van der Waals surface area contributed by atoms with Crippen molar-refractivity contribution >= 4 is 81.0 Å². The highest BCUT2D eigenvalue weighted by Gasteiger charge is 2.24. The number of benzene rings is 13. The molecule has 75 heavy (non-hydrogen) atoms. The number of fused-ring (bicyclic) bond motifs is 8. The second kappa shape index (κ2) is 18.6. The zero-order valence-electron chi connectivity index (χ0n) is 48.2. The van der Waals surface area contributed by atoms with Crippen molar-refractivity contribution < 1.29 is 9.60 Å². The Morgan fingerprint density at radius 1 is 0.320 bits per heavy atom. The first-order valence-corrected chi connectivity index (χ1v) is 25.7. The Kier molecular flexibility index (Phi) is 9.27. The molecule has 0 heteroatoms. The average Bonchev–Trinajstić information content (AvgIpc) is 1.46. The summed E-state index contributed by atoms with van der Waals surface area (Å²) in [6.07, 6.45) is 15.8. The van der Waals surface area contributed by atoms with E-state index in [1.807, 2.05) is 84.9 Å². The fourth-order valence-corrected chi connectivity index (χ4v) is 11.8. The molecule has 0 radical (unpaired) electrons. The molecule has 0 amide bonds. The molecule has 2 aliphatic carbocycles. The van der Waals surface area contributed by atoms with Crippen molar-refractivity contribution in [1.29, 1.82) is 0 Å². The van der Waals surface area contributed by atoms with Crippen LogP contribution in [0.2, 0.25) is 0 Å². The Morgan fingerprint density at radius 2 is 0.707 bits per heavy atom. The molecule has 13 aromatic rings. The summed E-state index contributed by atoms with van der Waals surface area (Å²) >= 11 is 0. The zero-order valence-corrected chi connectivity index (χ0v) is 41.2. The van der Waals surface area contributed by atoms with Gasteiger partial charge in [-0.05, 0) is 156 Å². The summed E-state index contributed by atoms with van der Waals surface area (Å²) in [6.45, 7) is 1.66. The summed E-state index contributed by atoms with van der Waals surface area (Å²) < 4.78 is 62.7. The van der Waals surface area contributed by atoms with E-state index in [1.54, 1.807) is 6.92 Å². The first-order valence-electron chi connectivity index (χ1n) is 29.2. The lowest BCUT2D eigenvalue weighted by molar-refractivity contribution is 0.678. The van der Waals surface area contributed by atoms with Gasteiger partial charge in [-0.15, -0.1) is 0 Å². The summed E-state index contributed by atoms with van der Waals surface area (Å²) in [7, 11) is 0. The highest BCUT2D eigenvalue weighted by atomic mass is 14.3. The molecule has 0 fully saturated rings. The molecule has 0 nitrogen and oxygen atoms in total. The summed E-state index contributed by atoms with van der Waals surface area (Å²) in [5, 5.41) is 12.9.